The van der Waals surface area contributed by atoms with Gasteiger partial charge in [-0.15, -0.1) is 0 Å². The Morgan fingerprint density at radius 3 is 2.48 bits per heavy atom. The van der Waals surface area contributed by atoms with Crippen molar-refractivity contribution < 1.29 is 22.7 Å². The molecule has 0 saturated carbocycles. The van der Waals surface area contributed by atoms with Gasteiger partial charge in [0, 0.05) is 38.8 Å². The van der Waals surface area contributed by atoms with Crippen LogP contribution in [0.15, 0.2) is 18.2 Å². The average Bonchev–Trinajstić information content (AvgIpc) is 2.45. The second kappa shape index (κ2) is 6.72. The van der Waals surface area contributed by atoms with Crippen LogP contribution in [0.3, 0.4) is 0 Å². The molecule has 1 heterocycles. The summed E-state index contributed by atoms with van der Waals surface area (Å²) in [6.45, 7) is 2.73. The molecule has 3 nitrogen and oxygen atoms in total. The van der Waals surface area contributed by atoms with E-state index in [2.05, 4.69) is 5.32 Å². The summed E-state index contributed by atoms with van der Waals surface area (Å²) in [7, 11) is 0. The van der Waals surface area contributed by atoms with Gasteiger partial charge in [0.25, 0.3) is 0 Å². The molecule has 0 amide bonds. The lowest BCUT2D eigenvalue weighted by Crippen LogP contribution is -2.45. The predicted molar refractivity (Wildman–Crippen MR) is 70.3 cm³/mol. The Balaban J connectivity index is 2.31. The molecular formula is C14H18F4N2O. The third kappa shape index (κ3) is 3.93. The molecule has 21 heavy (non-hydrogen) atoms. The van der Waals surface area contributed by atoms with Crippen molar-refractivity contribution in [2.45, 2.75) is 18.6 Å². The number of rotatable bonds is 4. The summed E-state index contributed by atoms with van der Waals surface area (Å²) in [6.07, 6.45) is -4.39. The summed E-state index contributed by atoms with van der Waals surface area (Å²) in [5.41, 5.74) is -0.863. The second-order valence-corrected chi connectivity index (χ2v) is 5.05. The summed E-state index contributed by atoms with van der Waals surface area (Å²) in [5.74, 6) is -1.27. The Labute approximate surface area is 120 Å². The normalized spacial score (nSPS) is 18.7. The van der Waals surface area contributed by atoms with Crippen LogP contribution in [0.2, 0.25) is 0 Å². The van der Waals surface area contributed by atoms with Gasteiger partial charge in [0.1, 0.15) is 5.82 Å². The van der Waals surface area contributed by atoms with Gasteiger partial charge in [0.2, 0.25) is 0 Å². The Kier molecular flexibility index (Phi) is 5.18. The first-order chi connectivity index (χ1) is 9.93. The quantitative estimate of drug-likeness (QED) is 0.837. The molecule has 1 aliphatic rings. The molecule has 1 fully saturated rings. The van der Waals surface area contributed by atoms with E-state index in [1.165, 1.54) is 6.07 Å². The molecule has 0 radical (unpaired) electrons. The van der Waals surface area contributed by atoms with Gasteiger partial charge in [0.05, 0.1) is 5.56 Å². The van der Waals surface area contributed by atoms with Crippen molar-refractivity contribution in [2.75, 3.05) is 32.8 Å². The fraction of sp³-hybridized carbons (Fsp3) is 0.571. The summed E-state index contributed by atoms with van der Waals surface area (Å²) in [6, 6.07) is 2.74. The SMILES string of the molecule is OCC[C@@H](c1ccc(F)c(C(F)(F)F)c1)N1CCNCC1. The van der Waals surface area contributed by atoms with Gasteiger partial charge in [-0.25, -0.2) is 4.39 Å². The molecule has 1 atom stereocenters. The Hall–Kier alpha value is -1.18. The van der Waals surface area contributed by atoms with E-state index in [4.69, 9.17) is 0 Å². The average molecular weight is 306 g/mol. The monoisotopic (exact) mass is 306 g/mol. The van der Waals surface area contributed by atoms with Crippen LogP contribution in [-0.2, 0) is 6.18 Å². The van der Waals surface area contributed by atoms with Crippen LogP contribution in [0.5, 0.6) is 0 Å². The van der Waals surface area contributed by atoms with Gasteiger partial charge in [0.15, 0.2) is 0 Å². The van der Waals surface area contributed by atoms with Gasteiger partial charge < -0.3 is 10.4 Å². The fourth-order valence-corrected chi connectivity index (χ4v) is 2.64. The summed E-state index contributed by atoms with van der Waals surface area (Å²) < 4.78 is 51.8. The van der Waals surface area contributed by atoms with E-state index in [-0.39, 0.29) is 12.6 Å². The maximum Gasteiger partial charge on any atom is 0.419 e. The molecule has 7 heteroatoms. The van der Waals surface area contributed by atoms with E-state index in [0.29, 0.717) is 25.1 Å². The number of hydrogen-bond donors (Lipinski definition) is 2. The number of benzene rings is 1. The minimum absolute atomic E-state index is 0.132. The van der Waals surface area contributed by atoms with Gasteiger partial charge in [-0.1, -0.05) is 6.07 Å². The Morgan fingerprint density at radius 1 is 1.24 bits per heavy atom. The van der Waals surface area contributed by atoms with E-state index in [9.17, 15) is 22.7 Å². The molecule has 0 aromatic heterocycles. The van der Waals surface area contributed by atoms with Gasteiger partial charge in [-0.3, -0.25) is 4.90 Å². The molecule has 2 N–H and O–H groups in total. The number of halogens is 4. The van der Waals surface area contributed by atoms with E-state index in [1.54, 1.807) is 0 Å². The maximum atomic E-state index is 13.4. The number of nitrogens with zero attached hydrogens (tertiary/aromatic N) is 1. The van der Waals surface area contributed by atoms with Gasteiger partial charge in [-0.05, 0) is 24.1 Å². The zero-order chi connectivity index (χ0) is 15.5. The predicted octanol–water partition coefficient (Wildman–Crippen LogP) is 2.17. The molecule has 0 aliphatic carbocycles. The third-order valence-electron chi connectivity index (χ3n) is 3.68. The Morgan fingerprint density at radius 2 is 1.90 bits per heavy atom. The molecule has 0 bridgehead atoms. The van der Waals surface area contributed by atoms with E-state index in [0.717, 1.165) is 25.2 Å². The lowest BCUT2D eigenvalue weighted by atomic mass is 9.99. The zero-order valence-electron chi connectivity index (χ0n) is 11.5. The molecule has 2 rings (SSSR count). The van der Waals surface area contributed by atoms with Crippen molar-refractivity contribution in [3.63, 3.8) is 0 Å². The first-order valence-electron chi connectivity index (χ1n) is 6.85. The van der Waals surface area contributed by atoms with Crippen molar-refractivity contribution in [1.82, 2.24) is 10.2 Å². The number of alkyl halides is 3. The van der Waals surface area contributed by atoms with Crippen molar-refractivity contribution in [3.05, 3.63) is 35.1 Å². The highest BCUT2D eigenvalue weighted by molar-refractivity contribution is 5.29. The summed E-state index contributed by atoms with van der Waals surface area (Å²) >= 11 is 0. The molecule has 0 spiro atoms. The lowest BCUT2D eigenvalue weighted by Gasteiger charge is -2.35. The molecule has 1 aromatic rings. The topological polar surface area (TPSA) is 35.5 Å². The lowest BCUT2D eigenvalue weighted by molar-refractivity contribution is -0.140. The molecule has 1 aromatic carbocycles. The number of aliphatic hydroxyl groups is 1. The molecule has 1 saturated heterocycles. The summed E-state index contributed by atoms with van der Waals surface area (Å²) in [5, 5.41) is 12.3. The minimum atomic E-state index is -4.71. The molecule has 118 valence electrons. The Bertz CT molecular complexity index is 473. The second-order valence-electron chi connectivity index (χ2n) is 5.05. The highest BCUT2D eigenvalue weighted by Crippen LogP contribution is 2.34. The van der Waals surface area contributed by atoms with Crippen LogP contribution in [0.1, 0.15) is 23.6 Å². The van der Waals surface area contributed by atoms with Crippen LogP contribution in [0, 0.1) is 5.82 Å². The van der Waals surface area contributed by atoms with Crippen molar-refractivity contribution in [2.24, 2.45) is 0 Å². The molecular weight excluding hydrogens is 288 g/mol. The van der Waals surface area contributed by atoms with Gasteiger partial charge in [-0.2, -0.15) is 13.2 Å². The van der Waals surface area contributed by atoms with E-state index >= 15 is 0 Å². The van der Waals surface area contributed by atoms with Crippen LogP contribution < -0.4 is 5.32 Å². The first-order valence-corrected chi connectivity index (χ1v) is 6.85. The zero-order valence-corrected chi connectivity index (χ0v) is 11.5. The number of nitrogens with one attached hydrogen (secondary N) is 1. The third-order valence-corrected chi connectivity index (χ3v) is 3.68. The fourth-order valence-electron chi connectivity index (χ4n) is 2.64. The maximum absolute atomic E-state index is 13.4. The highest BCUT2D eigenvalue weighted by atomic mass is 19.4. The number of piperazine rings is 1. The van der Waals surface area contributed by atoms with Gasteiger partial charge >= 0.3 is 6.18 Å². The summed E-state index contributed by atoms with van der Waals surface area (Å²) in [4.78, 5) is 2.01. The molecule has 0 unspecified atom stereocenters. The van der Waals surface area contributed by atoms with Crippen LogP contribution in [-0.4, -0.2) is 42.8 Å². The number of hydrogen-bond acceptors (Lipinski definition) is 3. The largest absolute Gasteiger partial charge is 0.419 e. The van der Waals surface area contributed by atoms with Crippen molar-refractivity contribution in [3.8, 4) is 0 Å². The first kappa shape index (κ1) is 16.2. The highest BCUT2D eigenvalue weighted by Gasteiger charge is 2.35. The van der Waals surface area contributed by atoms with Crippen LogP contribution >= 0.6 is 0 Å². The van der Waals surface area contributed by atoms with Crippen molar-refractivity contribution in [1.29, 1.82) is 0 Å². The smallest absolute Gasteiger partial charge is 0.396 e. The minimum Gasteiger partial charge on any atom is -0.396 e. The van der Waals surface area contributed by atoms with E-state index < -0.39 is 17.6 Å². The van der Waals surface area contributed by atoms with Crippen LogP contribution in [0.4, 0.5) is 17.6 Å². The number of aliphatic hydroxyl groups excluding tert-OH is 1. The standard InChI is InChI=1S/C14H18F4N2O/c15-12-2-1-10(9-11(12)14(16,17)18)13(3-8-21)20-6-4-19-5-7-20/h1-2,9,13,19,21H,3-8H2/t13-/m0/s1. The van der Waals surface area contributed by atoms with E-state index in [1.807, 2.05) is 4.90 Å². The molecule has 1 aliphatic heterocycles. The van der Waals surface area contributed by atoms with Crippen molar-refractivity contribution >= 4 is 0 Å². The van der Waals surface area contributed by atoms with Crippen LogP contribution in [0.25, 0.3) is 0 Å².